The third-order valence-corrected chi connectivity index (χ3v) is 2.35. The van der Waals surface area contributed by atoms with Crippen molar-refractivity contribution >= 4 is 12.8 Å². The summed E-state index contributed by atoms with van der Waals surface area (Å²) in [6, 6.07) is 0.285. The van der Waals surface area contributed by atoms with Gasteiger partial charge < -0.3 is 9.80 Å². The Labute approximate surface area is 72.1 Å². The Morgan fingerprint density at radius 1 is 1.00 bits per heavy atom. The summed E-state index contributed by atoms with van der Waals surface area (Å²) >= 11 is 0. The molecule has 2 amide bonds. The second-order valence-corrected chi connectivity index (χ2v) is 3.30. The molecule has 12 heavy (non-hydrogen) atoms. The lowest BCUT2D eigenvalue weighted by molar-refractivity contribution is -0.131. The Balaban J connectivity index is 2.60. The number of amides is 2. The summed E-state index contributed by atoms with van der Waals surface area (Å²) in [6.07, 6.45) is 1.70. The molecule has 1 aliphatic rings. The molecule has 0 unspecified atom stereocenters. The molecule has 0 aromatic rings. The Morgan fingerprint density at radius 3 is 1.58 bits per heavy atom. The van der Waals surface area contributed by atoms with Crippen LogP contribution in [0.5, 0.6) is 0 Å². The number of carbonyl (C=O) groups is 2. The molecule has 0 aromatic heterocycles. The molecule has 1 fully saturated rings. The van der Waals surface area contributed by atoms with Gasteiger partial charge >= 0.3 is 0 Å². The summed E-state index contributed by atoms with van der Waals surface area (Å²) in [5.41, 5.74) is 0. The van der Waals surface area contributed by atoms with E-state index in [2.05, 4.69) is 0 Å². The zero-order valence-electron chi connectivity index (χ0n) is 7.43. The molecule has 0 saturated carbocycles. The molecule has 0 aromatic carbocycles. The van der Waals surface area contributed by atoms with Gasteiger partial charge in [0.05, 0.1) is 0 Å². The quantitative estimate of drug-likeness (QED) is 0.533. The van der Waals surface area contributed by atoms with Crippen molar-refractivity contribution in [2.24, 2.45) is 0 Å². The molecule has 2 atom stereocenters. The number of hydrogen-bond donors (Lipinski definition) is 0. The number of rotatable bonds is 2. The average Bonchev–Trinajstić information content (AvgIpc) is 2.08. The van der Waals surface area contributed by atoms with Crippen LogP contribution in [0.4, 0.5) is 0 Å². The molecule has 1 aliphatic heterocycles. The van der Waals surface area contributed by atoms with Crippen LogP contribution < -0.4 is 0 Å². The Hall–Kier alpha value is -1.06. The standard InChI is InChI=1S/C8H14N2O2/c1-7-3-10(6-12)8(2)4-9(7)5-11/h5-8H,3-4H2,1-2H3/t7-,8+. The molecular formula is C8H14N2O2. The van der Waals surface area contributed by atoms with Crippen molar-refractivity contribution in [3.8, 4) is 0 Å². The van der Waals surface area contributed by atoms with Gasteiger partial charge in [-0.05, 0) is 13.8 Å². The number of piperazine rings is 1. The van der Waals surface area contributed by atoms with Crippen LogP contribution in [0.15, 0.2) is 0 Å². The van der Waals surface area contributed by atoms with Crippen LogP contribution in [-0.2, 0) is 9.59 Å². The smallest absolute Gasteiger partial charge is 0.210 e. The van der Waals surface area contributed by atoms with Gasteiger partial charge in [-0.15, -0.1) is 0 Å². The largest absolute Gasteiger partial charge is 0.339 e. The number of hydrogen-bond acceptors (Lipinski definition) is 2. The van der Waals surface area contributed by atoms with Crippen LogP contribution >= 0.6 is 0 Å². The van der Waals surface area contributed by atoms with Crippen LogP contribution in [0.2, 0.25) is 0 Å². The van der Waals surface area contributed by atoms with Gasteiger partial charge in [-0.3, -0.25) is 9.59 Å². The average molecular weight is 170 g/mol. The zero-order valence-corrected chi connectivity index (χ0v) is 7.43. The SMILES string of the molecule is C[C@@H]1CN(C=O)[C@@H](C)CN1C=O. The lowest BCUT2D eigenvalue weighted by Crippen LogP contribution is -2.55. The van der Waals surface area contributed by atoms with E-state index in [1.165, 1.54) is 0 Å². The minimum atomic E-state index is 0.142. The minimum absolute atomic E-state index is 0.142. The van der Waals surface area contributed by atoms with E-state index in [0.29, 0.717) is 13.1 Å². The van der Waals surface area contributed by atoms with Gasteiger partial charge in [-0.1, -0.05) is 0 Å². The summed E-state index contributed by atoms with van der Waals surface area (Å²) in [7, 11) is 0. The lowest BCUT2D eigenvalue weighted by Gasteiger charge is -2.40. The maximum absolute atomic E-state index is 10.5. The predicted octanol–water partition coefficient (Wildman–Crippen LogP) is -0.306. The van der Waals surface area contributed by atoms with Gasteiger partial charge in [0.25, 0.3) is 0 Å². The first-order valence-electron chi connectivity index (χ1n) is 4.11. The van der Waals surface area contributed by atoms with Crippen molar-refractivity contribution in [3.05, 3.63) is 0 Å². The van der Waals surface area contributed by atoms with E-state index in [4.69, 9.17) is 0 Å². The molecule has 68 valence electrons. The lowest BCUT2D eigenvalue weighted by atomic mass is 10.1. The van der Waals surface area contributed by atoms with Crippen LogP contribution in [0.25, 0.3) is 0 Å². The van der Waals surface area contributed by atoms with Gasteiger partial charge in [-0.2, -0.15) is 0 Å². The second-order valence-electron chi connectivity index (χ2n) is 3.30. The third-order valence-electron chi connectivity index (χ3n) is 2.35. The first kappa shape index (κ1) is 9.03. The highest BCUT2D eigenvalue weighted by atomic mass is 16.1. The minimum Gasteiger partial charge on any atom is -0.339 e. The fraction of sp³-hybridized carbons (Fsp3) is 0.750. The van der Waals surface area contributed by atoms with Crippen molar-refractivity contribution in [2.45, 2.75) is 25.9 Å². The highest BCUT2D eigenvalue weighted by Crippen LogP contribution is 2.10. The van der Waals surface area contributed by atoms with Crippen molar-refractivity contribution < 1.29 is 9.59 Å². The van der Waals surface area contributed by atoms with Crippen molar-refractivity contribution in [1.82, 2.24) is 9.80 Å². The van der Waals surface area contributed by atoms with Crippen molar-refractivity contribution in [3.63, 3.8) is 0 Å². The maximum Gasteiger partial charge on any atom is 0.210 e. The Bertz CT molecular complexity index is 164. The molecule has 0 aliphatic carbocycles. The summed E-state index contributed by atoms with van der Waals surface area (Å²) in [5, 5.41) is 0. The fourth-order valence-electron chi connectivity index (χ4n) is 1.47. The molecule has 0 radical (unpaired) electrons. The third kappa shape index (κ3) is 1.57. The molecule has 1 saturated heterocycles. The van der Waals surface area contributed by atoms with Gasteiger partial charge in [0.1, 0.15) is 0 Å². The number of carbonyl (C=O) groups excluding carboxylic acids is 2. The predicted molar refractivity (Wildman–Crippen MR) is 44.5 cm³/mol. The normalized spacial score (nSPS) is 30.2. The van der Waals surface area contributed by atoms with Crippen LogP contribution in [0.3, 0.4) is 0 Å². The Kier molecular flexibility index (Phi) is 2.68. The summed E-state index contributed by atoms with van der Waals surface area (Å²) in [5.74, 6) is 0. The van der Waals surface area contributed by atoms with Gasteiger partial charge in [0.2, 0.25) is 12.8 Å². The maximum atomic E-state index is 10.5. The summed E-state index contributed by atoms with van der Waals surface area (Å²) < 4.78 is 0. The summed E-state index contributed by atoms with van der Waals surface area (Å²) in [4.78, 5) is 24.5. The first-order chi connectivity index (χ1) is 5.69. The van der Waals surface area contributed by atoms with E-state index in [1.807, 2.05) is 13.8 Å². The highest BCUT2D eigenvalue weighted by molar-refractivity contribution is 5.52. The van der Waals surface area contributed by atoms with E-state index < -0.39 is 0 Å². The molecule has 4 heteroatoms. The molecule has 0 spiro atoms. The molecule has 0 N–H and O–H groups in total. The van der Waals surface area contributed by atoms with Gasteiger partial charge in [0, 0.05) is 25.2 Å². The van der Waals surface area contributed by atoms with Crippen molar-refractivity contribution in [2.75, 3.05) is 13.1 Å². The van der Waals surface area contributed by atoms with Crippen LogP contribution in [-0.4, -0.2) is 47.8 Å². The molecule has 1 heterocycles. The molecule has 0 bridgehead atoms. The molecular weight excluding hydrogens is 156 g/mol. The zero-order chi connectivity index (χ0) is 9.14. The first-order valence-corrected chi connectivity index (χ1v) is 4.11. The monoisotopic (exact) mass is 170 g/mol. The molecule has 4 nitrogen and oxygen atoms in total. The van der Waals surface area contributed by atoms with Crippen molar-refractivity contribution in [1.29, 1.82) is 0 Å². The van der Waals surface area contributed by atoms with Gasteiger partial charge in [-0.25, -0.2) is 0 Å². The summed E-state index contributed by atoms with van der Waals surface area (Å²) in [6.45, 7) is 5.17. The van der Waals surface area contributed by atoms with E-state index in [-0.39, 0.29) is 12.1 Å². The van der Waals surface area contributed by atoms with E-state index in [0.717, 1.165) is 12.8 Å². The second kappa shape index (κ2) is 3.56. The van der Waals surface area contributed by atoms with Crippen LogP contribution in [0, 0.1) is 0 Å². The fourth-order valence-corrected chi connectivity index (χ4v) is 1.47. The van der Waals surface area contributed by atoms with E-state index >= 15 is 0 Å². The van der Waals surface area contributed by atoms with E-state index in [1.54, 1.807) is 9.80 Å². The topological polar surface area (TPSA) is 40.6 Å². The van der Waals surface area contributed by atoms with Crippen LogP contribution in [0.1, 0.15) is 13.8 Å². The van der Waals surface area contributed by atoms with Gasteiger partial charge in [0.15, 0.2) is 0 Å². The molecule has 1 rings (SSSR count). The highest BCUT2D eigenvalue weighted by Gasteiger charge is 2.26. The Morgan fingerprint density at radius 2 is 1.33 bits per heavy atom. The van der Waals surface area contributed by atoms with E-state index in [9.17, 15) is 9.59 Å². The number of nitrogens with zero attached hydrogens (tertiary/aromatic N) is 2.